The number of carbonyl (C=O) groups excluding carboxylic acids is 1. The van der Waals surface area contributed by atoms with Crippen LogP contribution in [0.15, 0.2) is 30.5 Å². The van der Waals surface area contributed by atoms with E-state index in [0.29, 0.717) is 28.8 Å². The number of anilines is 1. The predicted octanol–water partition coefficient (Wildman–Crippen LogP) is 3.32. The summed E-state index contributed by atoms with van der Waals surface area (Å²) in [5.74, 6) is 0.660. The molecule has 1 fully saturated rings. The standard InChI is InChI=1S/C16H18Cl2N4O/c17-12-4-3-11(14(18)8-12)10-22-15(5-7-20-22)21-16(23)9-13-2-1-6-19-13/h3-5,7-8,13,19H,1-2,6,9-10H2,(H,21,23). The van der Waals surface area contributed by atoms with Gasteiger partial charge in [0.05, 0.1) is 12.7 Å². The molecule has 0 aliphatic carbocycles. The van der Waals surface area contributed by atoms with Crippen molar-refractivity contribution in [3.63, 3.8) is 0 Å². The van der Waals surface area contributed by atoms with E-state index in [1.165, 1.54) is 0 Å². The fourth-order valence-corrected chi connectivity index (χ4v) is 3.19. The van der Waals surface area contributed by atoms with E-state index in [-0.39, 0.29) is 11.9 Å². The highest BCUT2D eigenvalue weighted by Gasteiger charge is 2.18. The lowest BCUT2D eigenvalue weighted by molar-refractivity contribution is -0.116. The average molecular weight is 353 g/mol. The lowest BCUT2D eigenvalue weighted by Gasteiger charge is -2.12. The van der Waals surface area contributed by atoms with Crippen LogP contribution in [0.5, 0.6) is 0 Å². The van der Waals surface area contributed by atoms with Gasteiger partial charge in [-0.3, -0.25) is 4.79 Å². The third-order valence-corrected chi connectivity index (χ3v) is 4.50. The Morgan fingerprint density at radius 3 is 3.00 bits per heavy atom. The normalized spacial score (nSPS) is 17.4. The van der Waals surface area contributed by atoms with Crippen molar-refractivity contribution < 1.29 is 4.79 Å². The van der Waals surface area contributed by atoms with Gasteiger partial charge in [-0.25, -0.2) is 4.68 Å². The Morgan fingerprint density at radius 1 is 1.39 bits per heavy atom. The highest BCUT2D eigenvalue weighted by atomic mass is 35.5. The summed E-state index contributed by atoms with van der Waals surface area (Å²) in [6, 6.07) is 7.41. The van der Waals surface area contributed by atoms with Crippen LogP contribution in [0, 0.1) is 0 Å². The minimum Gasteiger partial charge on any atom is -0.313 e. The molecule has 3 rings (SSSR count). The summed E-state index contributed by atoms with van der Waals surface area (Å²) < 4.78 is 1.72. The third kappa shape index (κ3) is 4.25. The monoisotopic (exact) mass is 352 g/mol. The van der Waals surface area contributed by atoms with Crippen molar-refractivity contribution in [2.75, 3.05) is 11.9 Å². The summed E-state index contributed by atoms with van der Waals surface area (Å²) in [6.45, 7) is 1.46. The first-order valence-corrected chi connectivity index (χ1v) is 8.36. The van der Waals surface area contributed by atoms with Crippen LogP contribution in [0.1, 0.15) is 24.8 Å². The quantitative estimate of drug-likeness (QED) is 0.867. The second-order valence-electron chi connectivity index (χ2n) is 5.66. The molecule has 1 amide bonds. The maximum absolute atomic E-state index is 12.1. The van der Waals surface area contributed by atoms with Crippen LogP contribution in [-0.4, -0.2) is 28.3 Å². The molecule has 0 spiro atoms. The van der Waals surface area contributed by atoms with E-state index >= 15 is 0 Å². The van der Waals surface area contributed by atoms with Crippen LogP contribution in [-0.2, 0) is 11.3 Å². The zero-order chi connectivity index (χ0) is 16.2. The van der Waals surface area contributed by atoms with Gasteiger partial charge in [-0.15, -0.1) is 0 Å². The average Bonchev–Trinajstić information content (AvgIpc) is 3.14. The van der Waals surface area contributed by atoms with Gasteiger partial charge in [0.25, 0.3) is 0 Å². The van der Waals surface area contributed by atoms with E-state index in [4.69, 9.17) is 23.2 Å². The molecule has 0 saturated carbocycles. The number of hydrogen-bond acceptors (Lipinski definition) is 3. The molecule has 1 aromatic heterocycles. The molecular formula is C16H18Cl2N4O. The summed E-state index contributed by atoms with van der Waals surface area (Å²) >= 11 is 12.1. The van der Waals surface area contributed by atoms with E-state index in [2.05, 4.69) is 15.7 Å². The van der Waals surface area contributed by atoms with Crippen LogP contribution >= 0.6 is 23.2 Å². The van der Waals surface area contributed by atoms with E-state index in [1.54, 1.807) is 29.1 Å². The smallest absolute Gasteiger partial charge is 0.227 e. The SMILES string of the molecule is O=C(CC1CCCN1)Nc1ccnn1Cc1ccc(Cl)cc1Cl. The topological polar surface area (TPSA) is 59.0 Å². The number of aromatic nitrogens is 2. The van der Waals surface area contributed by atoms with Gasteiger partial charge in [0.2, 0.25) is 5.91 Å². The van der Waals surface area contributed by atoms with Crippen molar-refractivity contribution in [1.29, 1.82) is 0 Å². The lowest BCUT2D eigenvalue weighted by atomic mass is 10.1. The number of nitrogens with one attached hydrogen (secondary N) is 2. The fourth-order valence-electron chi connectivity index (χ4n) is 2.72. The van der Waals surface area contributed by atoms with Crippen LogP contribution < -0.4 is 10.6 Å². The summed E-state index contributed by atoms with van der Waals surface area (Å²) in [5, 5.41) is 11.7. The Morgan fingerprint density at radius 2 is 2.26 bits per heavy atom. The molecule has 1 aliphatic heterocycles. The molecule has 7 heteroatoms. The summed E-state index contributed by atoms with van der Waals surface area (Å²) in [5.41, 5.74) is 0.896. The number of carbonyl (C=O) groups is 1. The largest absolute Gasteiger partial charge is 0.313 e. The molecule has 23 heavy (non-hydrogen) atoms. The molecule has 2 heterocycles. The van der Waals surface area contributed by atoms with E-state index in [9.17, 15) is 4.79 Å². The maximum atomic E-state index is 12.1. The van der Waals surface area contributed by atoms with Crippen molar-refractivity contribution in [2.45, 2.75) is 31.8 Å². The molecule has 5 nitrogen and oxygen atoms in total. The van der Waals surface area contributed by atoms with Gasteiger partial charge in [-0.05, 0) is 37.1 Å². The highest BCUT2D eigenvalue weighted by molar-refractivity contribution is 6.35. The lowest BCUT2D eigenvalue weighted by Crippen LogP contribution is -2.28. The Balaban J connectivity index is 1.65. The number of rotatable bonds is 5. The van der Waals surface area contributed by atoms with Gasteiger partial charge in [0, 0.05) is 28.6 Å². The van der Waals surface area contributed by atoms with E-state index in [1.807, 2.05) is 6.07 Å². The van der Waals surface area contributed by atoms with Crippen LogP contribution in [0.25, 0.3) is 0 Å². The number of amides is 1. The zero-order valence-electron chi connectivity index (χ0n) is 12.6. The summed E-state index contributed by atoms with van der Waals surface area (Å²) in [4.78, 5) is 12.1. The Hall–Kier alpha value is -1.56. The summed E-state index contributed by atoms with van der Waals surface area (Å²) in [7, 11) is 0. The van der Waals surface area contributed by atoms with Crippen LogP contribution in [0.2, 0.25) is 10.0 Å². The molecule has 1 aliphatic rings. The maximum Gasteiger partial charge on any atom is 0.227 e. The molecule has 122 valence electrons. The van der Waals surface area contributed by atoms with Crippen molar-refractivity contribution in [1.82, 2.24) is 15.1 Å². The third-order valence-electron chi connectivity index (χ3n) is 3.91. The second-order valence-corrected chi connectivity index (χ2v) is 6.50. The number of halogens is 2. The molecule has 2 aromatic rings. The van der Waals surface area contributed by atoms with Gasteiger partial charge in [0.15, 0.2) is 0 Å². The van der Waals surface area contributed by atoms with Gasteiger partial charge < -0.3 is 10.6 Å². The van der Waals surface area contributed by atoms with Crippen LogP contribution in [0.3, 0.4) is 0 Å². The van der Waals surface area contributed by atoms with Gasteiger partial charge in [-0.2, -0.15) is 5.10 Å². The molecule has 1 atom stereocenters. The fraction of sp³-hybridized carbons (Fsp3) is 0.375. The first kappa shape index (κ1) is 16.3. The second kappa shape index (κ2) is 7.34. The van der Waals surface area contributed by atoms with Crippen molar-refractivity contribution in [3.8, 4) is 0 Å². The molecule has 1 saturated heterocycles. The van der Waals surface area contributed by atoms with E-state index < -0.39 is 0 Å². The van der Waals surface area contributed by atoms with Gasteiger partial charge in [-0.1, -0.05) is 29.3 Å². The molecular weight excluding hydrogens is 335 g/mol. The first-order chi connectivity index (χ1) is 11.1. The molecule has 0 radical (unpaired) electrons. The van der Waals surface area contributed by atoms with Gasteiger partial charge in [0.1, 0.15) is 5.82 Å². The number of benzene rings is 1. The van der Waals surface area contributed by atoms with E-state index in [0.717, 1.165) is 24.9 Å². The predicted molar refractivity (Wildman–Crippen MR) is 92.1 cm³/mol. The number of hydrogen-bond donors (Lipinski definition) is 2. The minimum atomic E-state index is -0.00615. The Kier molecular flexibility index (Phi) is 5.20. The van der Waals surface area contributed by atoms with Crippen LogP contribution in [0.4, 0.5) is 5.82 Å². The molecule has 1 unspecified atom stereocenters. The molecule has 0 bridgehead atoms. The number of nitrogens with zero attached hydrogens (tertiary/aromatic N) is 2. The highest BCUT2D eigenvalue weighted by Crippen LogP contribution is 2.22. The summed E-state index contributed by atoms with van der Waals surface area (Å²) in [6.07, 6.45) is 4.32. The Labute approximate surface area is 145 Å². The molecule has 1 aromatic carbocycles. The molecule has 2 N–H and O–H groups in total. The van der Waals surface area contributed by atoms with Crippen molar-refractivity contribution >= 4 is 34.9 Å². The van der Waals surface area contributed by atoms with Crippen molar-refractivity contribution in [3.05, 3.63) is 46.1 Å². The zero-order valence-corrected chi connectivity index (χ0v) is 14.1. The minimum absolute atomic E-state index is 0.00615. The Bertz CT molecular complexity index is 695. The van der Waals surface area contributed by atoms with Gasteiger partial charge >= 0.3 is 0 Å². The van der Waals surface area contributed by atoms with Crippen molar-refractivity contribution in [2.24, 2.45) is 0 Å². The first-order valence-electron chi connectivity index (χ1n) is 7.61.